The first kappa shape index (κ1) is 17.1. The molecule has 1 amide bonds. The van der Waals surface area contributed by atoms with Gasteiger partial charge < -0.3 is 10.1 Å². The molecule has 2 fully saturated rings. The standard InChI is InChI=1S/C20H22FN3O2/c21-18-4-2-1-3-15(18)10-24-11-17-16(13-26-19(17)12-24)9-23-20(25)14-5-7-22-8-6-14/h1-8,16-17,19H,9-13H2,(H,23,25)/t16-,17-,19-/m1/s1. The van der Waals surface area contributed by atoms with Crippen LogP contribution < -0.4 is 5.32 Å². The molecule has 1 aromatic carbocycles. The highest BCUT2D eigenvalue weighted by Crippen LogP contribution is 2.34. The maximum absolute atomic E-state index is 13.9. The molecule has 2 aliphatic rings. The van der Waals surface area contributed by atoms with Gasteiger partial charge in [-0.25, -0.2) is 4.39 Å². The van der Waals surface area contributed by atoms with Crippen molar-refractivity contribution in [1.29, 1.82) is 0 Å². The zero-order valence-electron chi connectivity index (χ0n) is 14.5. The van der Waals surface area contributed by atoms with E-state index in [9.17, 15) is 9.18 Å². The van der Waals surface area contributed by atoms with Crippen LogP contribution in [0.25, 0.3) is 0 Å². The Kier molecular flexibility index (Phi) is 4.95. The number of nitrogens with zero attached hydrogens (tertiary/aromatic N) is 2. The van der Waals surface area contributed by atoms with Crippen LogP contribution >= 0.6 is 0 Å². The number of amides is 1. The zero-order valence-corrected chi connectivity index (χ0v) is 14.5. The Morgan fingerprint density at radius 2 is 2.04 bits per heavy atom. The molecular weight excluding hydrogens is 333 g/mol. The zero-order chi connectivity index (χ0) is 17.9. The number of aromatic nitrogens is 1. The monoisotopic (exact) mass is 355 g/mol. The van der Waals surface area contributed by atoms with Crippen molar-refractivity contribution in [1.82, 2.24) is 15.2 Å². The molecule has 4 rings (SSSR count). The van der Waals surface area contributed by atoms with Crippen molar-refractivity contribution in [2.75, 3.05) is 26.2 Å². The van der Waals surface area contributed by atoms with Gasteiger partial charge in [-0.2, -0.15) is 0 Å². The SMILES string of the molecule is O=C(NC[C@@H]1CO[C@@H]2CN(Cc3ccccc3F)C[C@H]12)c1ccncc1. The molecule has 0 radical (unpaired) electrons. The average molecular weight is 355 g/mol. The third-order valence-electron chi connectivity index (χ3n) is 5.33. The summed E-state index contributed by atoms with van der Waals surface area (Å²) in [6.07, 6.45) is 3.40. The van der Waals surface area contributed by atoms with Crippen molar-refractivity contribution in [3.63, 3.8) is 0 Å². The van der Waals surface area contributed by atoms with Crippen LogP contribution in [-0.2, 0) is 11.3 Å². The van der Waals surface area contributed by atoms with E-state index >= 15 is 0 Å². The summed E-state index contributed by atoms with van der Waals surface area (Å²) < 4.78 is 19.8. The summed E-state index contributed by atoms with van der Waals surface area (Å²) in [7, 11) is 0. The van der Waals surface area contributed by atoms with Crippen molar-refractivity contribution in [2.45, 2.75) is 12.6 Å². The molecule has 6 heteroatoms. The number of carbonyl (C=O) groups is 1. The number of fused-ring (bicyclic) bond motifs is 1. The number of nitrogens with one attached hydrogen (secondary N) is 1. The molecule has 0 bridgehead atoms. The van der Waals surface area contributed by atoms with Crippen LogP contribution in [0.2, 0.25) is 0 Å². The van der Waals surface area contributed by atoms with E-state index in [-0.39, 0.29) is 23.7 Å². The van der Waals surface area contributed by atoms with Gasteiger partial charge >= 0.3 is 0 Å². The van der Waals surface area contributed by atoms with Crippen LogP contribution in [0.4, 0.5) is 4.39 Å². The maximum Gasteiger partial charge on any atom is 0.251 e. The van der Waals surface area contributed by atoms with Crippen molar-refractivity contribution < 1.29 is 13.9 Å². The van der Waals surface area contributed by atoms with Gasteiger partial charge in [0.05, 0.1) is 12.7 Å². The summed E-state index contributed by atoms with van der Waals surface area (Å²) in [5, 5.41) is 3.00. The maximum atomic E-state index is 13.9. The van der Waals surface area contributed by atoms with Gasteiger partial charge in [-0.1, -0.05) is 18.2 Å². The third-order valence-corrected chi connectivity index (χ3v) is 5.33. The summed E-state index contributed by atoms with van der Waals surface area (Å²) in [5.41, 5.74) is 1.33. The van der Waals surface area contributed by atoms with Crippen LogP contribution in [-0.4, -0.2) is 48.1 Å². The lowest BCUT2D eigenvalue weighted by molar-refractivity contribution is 0.0902. The second kappa shape index (κ2) is 7.51. The van der Waals surface area contributed by atoms with E-state index in [1.54, 1.807) is 30.6 Å². The Morgan fingerprint density at radius 3 is 2.85 bits per heavy atom. The van der Waals surface area contributed by atoms with Gasteiger partial charge in [0.1, 0.15) is 5.82 Å². The van der Waals surface area contributed by atoms with Gasteiger partial charge in [0.25, 0.3) is 5.91 Å². The average Bonchev–Trinajstić information content (AvgIpc) is 3.23. The molecule has 0 unspecified atom stereocenters. The highest BCUT2D eigenvalue weighted by atomic mass is 19.1. The summed E-state index contributed by atoms with van der Waals surface area (Å²) in [5.74, 6) is 0.416. The number of halogens is 1. The first-order valence-corrected chi connectivity index (χ1v) is 8.96. The highest BCUT2D eigenvalue weighted by Gasteiger charge is 2.43. The van der Waals surface area contributed by atoms with E-state index < -0.39 is 0 Å². The molecule has 3 atom stereocenters. The van der Waals surface area contributed by atoms with Crippen LogP contribution in [0.5, 0.6) is 0 Å². The number of carbonyl (C=O) groups excluding carboxylic acids is 1. The molecule has 2 saturated heterocycles. The van der Waals surface area contributed by atoms with E-state index in [2.05, 4.69) is 15.2 Å². The Bertz CT molecular complexity index is 771. The number of ether oxygens (including phenoxy) is 1. The molecule has 0 saturated carbocycles. The summed E-state index contributed by atoms with van der Waals surface area (Å²) in [4.78, 5) is 18.4. The van der Waals surface area contributed by atoms with Crippen LogP contribution in [0, 0.1) is 17.7 Å². The van der Waals surface area contributed by atoms with Gasteiger partial charge in [0.2, 0.25) is 0 Å². The predicted molar refractivity (Wildman–Crippen MR) is 95.0 cm³/mol. The lowest BCUT2D eigenvalue weighted by atomic mass is 9.93. The third kappa shape index (κ3) is 3.61. The van der Waals surface area contributed by atoms with E-state index in [0.717, 1.165) is 18.7 Å². The number of hydrogen-bond acceptors (Lipinski definition) is 4. The Hall–Kier alpha value is -2.31. The van der Waals surface area contributed by atoms with Gasteiger partial charge in [-0.15, -0.1) is 0 Å². The lowest BCUT2D eigenvalue weighted by Gasteiger charge is -2.20. The molecule has 5 nitrogen and oxygen atoms in total. The molecule has 0 spiro atoms. The fraction of sp³-hybridized carbons (Fsp3) is 0.400. The molecule has 26 heavy (non-hydrogen) atoms. The van der Waals surface area contributed by atoms with E-state index in [1.807, 2.05) is 12.1 Å². The minimum atomic E-state index is -0.161. The quantitative estimate of drug-likeness (QED) is 0.892. The van der Waals surface area contributed by atoms with Gasteiger partial charge in [0, 0.05) is 61.5 Å². The van der Waals surface area contributed by atoms with Crippen molar-refractivity contribution in [2.24, 2.45) is 11.8 Å². The Morgan fingerprint density at radius 1 is 1.23 bits per heavy atom. The van der Waals surface area contributed by atoms with Crippen molar-refractivity contribution in [3.8, 4) is 0 Å². The highest BCUT2D eigenvalue weighted by molar-refractivity contribution is 5.93. The van der Waals surface area contributed by atoms with E-state index in [0.29, 0.717) is 31.2 Å². The van der Waals surface area contributed by atoms with Gasteiger partial charge in [-0.05, 0) is 18.2 Å². The summed E-state index contributed by atoms with van der Waals surface area (Å²) in [6, 6.07) is 10.3. The number of benzene rings is 1. The molecule has 0 aliphatic carbocycles. The van der Waals surface area contributed by atoms with Crippen molar-refractivity contribution in [3.05, 3.63) is 65.7 Å². The Labute approximate surface area is 152 Å². The molecule has 2 aliphatic heterocycles. The van der Waals surface area contributed by atoms with Gasteiger partial charge in [0.15, 0.2) is 0 Å². The van der Waals surface area contributed by atoms with Crippen molar-refractivity contribution >= 4 is 5.91 Å². The first-order chi connectivity index (χ1) is 12.7. The predicted octanol–water partition coefficient (Wildman–Crippen LogP) is 2.10. The second-order valence-electron chi connectivity index (χ2n) is 7.03. The first-order valence-electron chi connectivity index (χ1n) is 8.96. The minimum Gasteiger partial charge on any atom is -0.376 e. The summed E-state index contributed by atoms with van der Waals surface area (Å²) in [6.45, 7) is 3.54. The molecular formula is C20H22FN3O2. The second-order valence-corrected chi connectivity index (χ2v) is 7.03. The van der Waals surface area contributed by atoms with Crippen LogP contribution in [0.15, 0.2) is 48.8 Å². The normalized spacial score (nSPS) is 25.2. The molecule has 2 aromatic rings. The van der Waals surface area contributed by atoms with Crippen LogP contribution in [0.3, 0.4) is 0 Å². The van der Waals surface area contributed by atoms with Crippen LogP contribution in [0.1, 0.15) is 15.9 Å². The number of pyridine rings is 1. The number of rotatable bonds is 5. The van der Waals surface area contributed by atoms with E-state index in [1.165, 1.54) is 6.07 Å². The lowest BCUT2D eigenvalue weighted by Crippen LogP contribution is -2.34. The smallest absolute Gasteiger partial charge is 0.251 e. The molecule has 1 N–H and O–H groups in total. The largest absolute Gasteiger partial charge is 0.376 e. The fourth-order valence-corrected chi connectivity index (χ4v) is 3.92. The minimum absolute atomic E-state index is 0.0861. The number of hydrogen-bond donors (Lipinski definition) is 1. The topological polar surface area (TPSA) is 54.5 Å². The Balaban J connectivity index is 1.32. The van der Waals surface area contributed by atoms with Gasteiger partial charge in [-0.3, -0.25) is 14.7 Å². The molecule has 136 valence electrons. The molecule has 3 heterocycles. The van der Waals surface area contributed by atoms with E-state index in [4.69, 9.17) is 4.74 Å². The number of likely N-dealkylation sites (tertiary alicyclic amines) is 1. The molecule has 1 aromatic heterocycles. The fourth-order valence-electron chi connectivity index (χ4n) is 3.92. The summed E-state index contributed by atoms with van der Waals surface area (Å²) >= 11 is 0.